The molecule has 1 aliphatic rings. The number of aryl methyl sites for hydroxylation is 1. The Hall–Kier alpha value is -1.02. The fraction of sp³-hybridized carbons (Fsp3) is 0.647. The second kappa shape index (κ2) is 5.96. The van der Waals surface area contributed by atoms with E-state index >= 15 is 0 Å². The van der Waals surface area contributed by atoms with E-state index < -0.39 is 0 Å². The Bertz CT molecular complexity index is 419. The maximum absolute atomic E-state index is 5.62. The molecule has 0 heterocycles. The maximum Gasteiger partial charge on any atom is 0.122 e. The summed E-state index contributed by atoms with van der Waals surface area (Å²) < 4.78 is 5.62. The first-order valence-electron chi connectivity index (χ1n) is 7.41. The zero-order chi connectivity index (χ0) is 13.9. The van der Waals surface area contributed by atoms with E-state index in [4.69, 9.17) is 4.74 Å². The fourth-order valence-corrected chi connectivity index (χ4v) is 3.43. The average molecular weight is 261 g/mol. The summed E-state index contributed by atoms with van der Waals surface area (Å²) in [6.07, 6.45) is 5.15. The third-order valence-electron chi connectivity index (χ3n) is 4.67. The van der Waals surface area contributed by atoms with Crippen LogP contribution >= 0.6 is 0 Å². The SMILES string of the molecule is CNCC1(c2cc(C)ccc2OC)CCC(C)CC1. The highest BCUT2D eigenvalue weighted by Crippen LogP contribution is 2.44. The van der Waals surface area contributed by atoms with Crippen LogP contribution in [0.4, 0.5) is 0 Å². The highest BCUT2D eigenvalue weighted by Gasteiger charge is 2.37. The number of hydrogen-bond acceptors (Lipinski definition) is 2. The number of hydrogen-bond donors (Lipinski definition) is 1. The first kappa shape index (κ1) is 14.4. The van der Waals surface area contributed by atoms with Crippen LogP contribution in [0, 0.1) is 12.8 Å². The molecule has 0 unspecified atom stereocenters. The molecule has 1 aromatic rings. The lowest BCUT2D eigenvalue weighted by Crippen LogP contribution is -2.40. The van der Waals surface area contributed by atoms with E-state index in [0.717, 1.165) is 18.2 Å². The molecule has 0 radical (unpaired) electrons. The summed E-state index contributed by atoms with van der Waals surface area (Å²) in [5, 5.41) is 3.41. The Labute approximate surface area is 117 Å². The smallest absolute Gasteiger partial charge is 0.122 e. The molecule has 19 heavy (non-hydrogen) atoms. The van der Waals surface area contributed by atoms with Crippen molar-refractivity contribution in [1.82, 2.24) is 5.32 Å². The lowest BCUT2D eigenvalue weighted by Gasteiger charge is -2.40. The molecule has 1 N–H and O–H groups in total. The van der Waals surface area contributed by atoms with E-state index in [0.29, 0.717) is 0 Å². The summed E-state index contributed by atoms with van der Waals surface area (Å²) >= 11 is 0. The van der Waals surface area contributed by atoms with Gasteiger partial charge in [0.2, 0.25) is 0 Å². The van der Waals surface area contributed by atoms with E-state index in [2.05, 4.69) is 44.4 Å². The van der Waals surface area contributed by atoms with Crippen molar-refractivity contribution in [3.63, 3.8) is 0 Å². The van der Waals surface area contributed by atoms with Gasteiger partial charge in [-0.15, -0.1) is 0 Å². The molecule has 0 aliphatic heterocycles. The second-order valence-electron chi connectivity index (χ2n) is 6.20. The molecular formula is C17H27NO. The van der Waals surface area contributed by atoms with Gasteiger partial charge in [-0.3, -0.25) is 0 Å². The second-order valence-corrected chi connectivity index (χ2v) is 6.20. The van der Waals surface area contributed by atoms with Gasteiger partial charge in [-0.25, -0.2) is 0 Å². The summed E-state index contributed by atoms with van der Waals surface area (Å²) in [7, 11) is 3.84. The lowest BCUT2D eigenvalue weighted by atomic mass is 9.66. The molecule has 1 aliphatic carbocycles. The number of methoxy groups -OCH3 is 1. The highest BCUT2D eigenvalue weighted by molar-refractivity contribution is 5.43. The molecule has 2 rings (SSSR count). The molecular weight excluding hydrogens is 234 g/mol. The largest absolute Gasteiger partial charge is 0.496 e. The quantitative estimate of drug-likeness (QED) is 0.893. The van der Waals surface area contributed by atoms with Gasteiger partial charge in [0.25, 0.3) is 0 Å². The van der Waals surface area contributed by atoms with Crippen molar-refractivity contribution in [2.45, 2.75) is 44.9 Å². The molecule has 1 saturated carbocycles. The van der Waals surface area contributed by atoms with E-state index in [9.17, 15) is 0 Å². The first-order chi connectivity index (χ1) is 9.11. The summed E-state index contributed by atoms with van der Waals surface area (Å²) in [6, 6.07) is 6.59. The van der Waals surface area contributed by atoms with Crippen LogP contribution in [-0.4, -0.2) is 20.7 Å². The number of likely N-dealkylation sites (N-methyl/N-ethyl adjacent to an activating group) is 1. The van der Waals surface area contributed by atoms with Gasteiger partial charge in [0.15, 0.2) is 0 Å². The van der Waals surface area contributed by atoms with Gasteiger partial charge in [-0.2, -0.15) is 0 Å². The van der Waals surface area contributed by atoms with Crippen molar-refractivity contribution >= 4 is 0 Å². The Morgan fingerprint density at radius 2 is 2.00 bits per heavy atom. The fourth-order valence-electron chi connectivity index (χ4n) is 3.43. The number of benzene rings is 1. The molecule has 0 atom stereocenters. The molecule has 106 valence electrons. The Morgan fingerprint density at radius 1 is 1.32 bits per heavy atom. The minimum Gasteiger partial charge on any atom is -0.496 e. The van der Waals surface area contributed by atoms with Crippen LogP contribution in [0.1, 0.15) is 43.7 Å². The normalized spacial score (nSPS) is 27.3. The third-order valence-corrected chi connectivity index (χ3v) is 4.67. The summed E-state index contributed by atoms with van der Waals surface area (Å²) in [6.45, 7) is 5.58. The van der Waals surface area contributed by atoms with Crippen molar-refractivity contribution in [2.75, 3.05) is 20.7 Å². The zero-order valence-corrected chi connectivity index (χ0v) is 12.8. The third kappa shape index (κ3) is 2.94. The number of nitrogens with one attached hydrogen (secondary N) is 1. The van der Waals surface area contributed by atoms with E-state index in [-0.39, 0.29) is 5.41 Å². The van der Waals surface area contributed by atoms with Gasteiger partial charge < -0.3 is 10.1 Å². The Balaban J connectivity index is 2.41. The van der Waals surface area contributed by atoms with E-state index in [1.165, 1.54) is 36.8 Å². The molecule has 0 bridgehead atoms. The van der Waals surface area contributed by atoms with Gasteiger partial charge in [0.1, 0.15) is 5.75 Å². The van der Waals surface area contributed by atoms with Crippen LogP contribution in [0.15, 0.2) is 18.2 Å². The molecule has 2 nitrogen and oxygen atoms in total. The van der Waals surface area contributed by atoms with Gasteiger partial charge in [0, 0.05) is 17.5 Å². The molecule has 1 fully saturated rings. The summed E-state index contributed by atoms with van der Waals surface area (Å²) in [5.41, 5.74) is 2.97. The van der Waals surface area contributed by atoms with Crippen molar-refractivity contribution in [1.29, 1.82) is 0 Å². The molecule has 0 saturated heterocycles. The van der Waals surface area contributed by atoms with Crippen LogP contribution in [0.3, 0.4) is 0 Å². The highest BCUT2D eigenvalue weighted by atomic mass is 16.5. The first-order valence-corrected chi connectivity index (χ1v) is 7.41. The van der Waals surface area contributed by atoms with Crippen LogP contribution in [-0.2, 0) is 5.41 Å². The maximum atomic E-state index is 5.62. The van der Waals surface area contributed by atoms with Crippen molar-refractivity contribution in [2.24, 2.45) is 5.92 Å². The standard InChI is InChI=1S/C17H27NO/c1-13-7-9-17(10-8-13,12-18-3)15-11-14(2)5-6-16(15)19-4/h5-6,11,13,18H,7-10,12H2,1-4H3. The van der Waals surface area contributed by atoms with Crippen LogP contribution in [0.5, 0.6) is 5.75 Å². The number of ether oxygens (including phenoxy) is 1. The van der Waals surface area contributed by atoms with Crippen molar-refractivity contribution in [3.8, 4) is 5.75 Å². The monoisotopic (exact) mass is 261 g/mol. The predicted molar refractivity (Wildman–Crippen MR) is 81.0 cm³/mol. The average Bonchev–Trinajstić information content (AvgIpc) is 2.42. The van der Waals surface area contributed by atoms with Crippen LogP contribution < -0.4 is 10.1 Å². The summed E-state index contributed by atoms with van der Waals surface area (Å²) in [4.78, 5) is 0. The molecule has 1 aromatic carbocycles. The predicted octanol–water partition coefficient (Wildman–Crippen LogP) is 3.67. The molecule has 2 heteroatoms. The minimum atomic E-state index is 0.249. The Kier molecular flexibility index (Phi) is 4.51. The van der Waals surface area contributed by atoms with Gasteiger partial charge >= 0.3 is 0 Å². The van der Waals surface area contributed by atoms with Gasteiger partial charge in [-0.05, 0) is 51.6 Å². The lowest BCUT2D eigenvalue weighted by molar-refractivity contribution is 0.231. The molecule has 0 spiro atoms. The van der Waals surface area contributed by atoms with Gasteiger partial charge in [0.05, 0.1) is 7.11 Å². The molecule has 0 aromatic heterocycles. The van der Waals surface area contributed by atoms with E-state index in [1.807, 2.05) is 0 Å². The minimum absolute atomic E-state index is 0.249. The Morgan fingerprint density at radius 3 is 2.58 bits per heavy atom. The van der Waals surface area contributed by atoms with E-state index in [1.54, 1.807) is 7.11 Å². The topological polar surface area (TPSA) is 21.3 Å². The number of rotatable bonds is 4. The van der Waals surface area contributed by atoms with Crippen LogP contribution in [0.25, 0.3) is 0 Å². The van der Waals surface area contributed by atoms with Crippen LogP contribution in [0.2, 0.25) is 0 Å². The summed E-state index contributed by atoms with van der Waals surface area (Å²) in [5.74, 6) is 1.91. The van der Waals surface area contributed by atoms with Gasteiger partial charge in [-0.1, -0.05) is 24.6 Å². The van der Waals surface area contributed by atoms with Crippen molar-refractivity contribution < 1.29 is 4.74 Å². The zero-order valence-electron chi connectivity index (χ0n) is 12.8. The molecule has 0 amide bonds. The van der Waals surface area contributed by atoms with Crippen molar-refractivity contribution in [3.05, 3.63) is 29.3 Å².